The number of nitrogens with zero attached hydrogens (tertiary/aromatic N) is 2. The smallest absolute Gasteiger partial charge is 0.163 e. The Hall–Kier alpha value is -1.39. The van der Waals surface area contributed by atoms with E-state index in [0.717, 1.165) is 33.2 Å². The van der Waals surface area contributed by atoms with Crippen LogP contribution in [-0.2, 0) is 6.42 Å². The van der Waals surface area contributed by atoms with Gasteiger partial charge in [0.15, 0.2) is 5.82 Å². The fraction of sp³-hybridized carbons (Fsp3) is 0.143. The normalized spacial score (nSPS) is 11.1. The minimum Gasteiger partial charge on any atom is -0.345 e. The third-order valence-corrected chi connectivity index (χ3v) is 3.96. The number of nitrogens with one attached hydrogen (secondary N) is 1. The van der Waals surface area contributed by atoms with Gasteiger partial charge in [0.2, 0.25) is 0 Å². The van der Waals surface area contributed by atoms with Crippen LogP contribution in [0.5, 0.6) is 0 Å². The van der Waals surface area contributed by atoms with Gasteiger partial charge in [0.05, 0.1) is 16.1 Å². The Morgan fingerprint density at radius 2 is 2.05 bits per heavy atom. The summed E-state index contributed by atoms with van der Waals surface area (Å²) in [7, 11) is 0. The van der Waals surface area contributed by atoms with Crippen LogP contribution < -0.4 is 0 Å². The maximum Gasteiger partial charge on any atom is 0.163 e. The highest BCUT2D eigenvalue weighted by molar-refractivity contribution is 9.10. The number of aryl methyl sites for hydroxylation is 1. The third-order valence-electron chi connectivity index (χ3n) is 3.01. The number of rotatable bonds is 2. The van der Waals surface area contributed by atoms with E-state index in [2.05, 4.69) is 37.8 Å². The zero-order chi connectivity index (χ0) is 13.4. The van der Waals surface area contributed by atoms with Gasteiger partial charge in [-0.3, -0.25) is 0 Å². The van der Waals surface area contributed by atoms with Gasteiger partial charge >= 0.3 is 0 Å². The first-order valence-corrected chi connectivity index (χ1v) is 7.16. The van der Waals surface area contributed by atoms with E-state index >= 15 is 0 Å². The van der Waals surface area contributed by atoms with Gasteiger partial charge in [-0.15, -0.1) is 0 Å². The molecule has 2 heterocycles. The molecule has 0 amide bonds. The summed E-state index contributed by atoms with van der Waals surface area (Å²) >= 11 is 9.73. The number of H-pyrrole nitrogens is 1. The van der Waals surface area contributed by atoms with Gasteiger partial charge in [-0.05, 0) is 34.5 Å². The fourth-order valence-corrected chi connectivity index (χ4v) is 2.84. The Bertz CT molecular complexity index is 752. The number of fused-ring (bicyclic) bond motifs is 1. The monoisotopic (exact) mass is 335 g/mol. The molecule has 0 fully saturated rings. The summed E-state index contributed by atoms with van der Waals surface area (Å²) in [6, 6.07) is 7.61. The van der Waals surface area contributed by atoms with Gasteiger partial charge in [-0.25, -0.2) is 9.97 Å². The average molecular weight is 337 g/mol. The second-order valence-electron chi connectivity index (χ2n) is 4.19. The van der Waals surface area contributed by atoms with Crippen molar-refractivity contribution in [3.8, 4) is 11.4 Å². The lowest BCUT2D eigenvalue weighted by molar-refractivity contribution is 1.03. The number of hydrogen-bond donors (Lipinski definition) is 1. The first-order valence-electron chi connectivity index (χ1n) is 5.99. The average Bonchev–Trinajstić information content (AvgIpc) is 2.80. The van der Waals surface area contributed by atoms with Crippen molar-refractivity contribution in [3.63, 3.8) is 0 Å². The maximum absolute atomic E-state index is 6.21. The zero-order valence-electron chi connectivity index (χ0n) is 10.2. The molecule has 3 rings (SSSR count). The van der Waals surface area contributed by atoms with Crippen LogP contribution in [0.3, 0.4) is 0 Å². The molecule has 0 aliphatic rings. The maximum atomic E-state index is 6.21. The molecule has 5 heteroatoms. The molecule has 2 aromatic heterocycles. The molecular weight excluding hydrogens is 326 g/mol. The molecule has 1 N–H and O–H groups in total. The van der Waals surface area contributed by atoms with Crippen molar-refractivity contribution in [2.75, 3.05) is 0 Å². The second kappa shape index (κ2) is 4.94. The lowest BCUT2D eigenvalue weighted by Gasteiger charge is -2.06. The fourth-order valence-electron chi connectivity index (χ4n) is 2.09. The van der Waals surface area contributed by atoms with Crippen molar-refractivity contribution in [2.45, 2.75) is 13.3 Å². The van der Waals surface area contributed by atoms with E-state index in [1.54, 1.807) is 0 Å². The van der Waals surface area contributed by atoms with Crippen LogP contribution in [-0.4, -0.2) is 15.0 Å². The summed E-state index contributed by atoms with van der Waals surface area (Å²) in [6.45, 7) is 2.08. The first kappa shape index (κ1) is 12.6. The lowest BCUT2D eigenvalue weighted by atomic mass is 10.2. The molecule has 19 heavy (non-hydrogen) atoms. The van der Waals surface area contributed by atoms with Crippen molar-refractivity contribution in [1.29, 1.82) is 0 Å². The van der Waals surface area contributed by atoms with Crippen LogP contribution in [0.15, 0.2) is 34.9 Å². The molecule has 3 nitrogen and oxygen atoms in total. The highest BCUT2D eigenvalue weighted by atomic mass is 79.9. The summed E-state index contributed by atoms with van der Waals surface area (Å²) in [6.07, 6.45) is 2.72. The molecule has 0 atom stereocenters. The lowest BCUT2D eigenvalue weighted by Crippen LogP contribution is -1.96. The van der Waals surface area contributed by atoms with Crippen molar-refractivity contribution in [2.24, 2.45) is 0 Å². The molecule has 0 saturated heterocycles. The molecule has 0 spiro atoms. The van der Waals surface area contributed by atoms with Crippen LogP contribution in [0.4, 0.5) is 0 Å². The molecule has 0 saturated carbocycles. The highest BCUT2D eigenvalue weighted by Gasteiger charge is 2.13. The van der Waals surface area contributed by atoms with Crippen LogP contribution in [0.25, 0.3) is 22.4 Å². The van der Waals surface area contributed by atoms with Crippen molar-refractivity contribution in [1.82, 2.24) is 15.0 Å². The molecule has 0 unspecified atom stereocenters. The second-order valence-corrected chi connectivity index (χ2v) is 5.45. The Balaban J connectivity index is 2.29. The van der Waals surface area contributed by atoms with Gasteiger partial charge < -0.3 is 4.98 Å². The molecule has 1 aromatic carbocycles. The third kappa shape index (κ3) is 2.15. The van der Waals surface area contributed by atoms with Gasteiger partial charge in [-0.1, -0.05) is 30.7 Å². The first-order chi connectivity index (χ1) is 9.20. The summed E-state index contributed by atoms with van der Waals surface area (Å²) in [4.78, 5) is 12.3. The van der Waals surface area contributed by atoms with E-state index in [-0.39, 0.29) is 0 Å². The Morgan fingerprint density at radius 3 is 2.79 bits per heavy atom. The van der Waals surface area contributed by atoms with Crippen LogP contribution in [0, 0.1) is 0 Å². The zero-order valence-corrected chi connectivity index (χ0v) is 12.6. The van der Waals surface area contributed by atoms with Crippen LogP contribution in [0.2, 0.25) is 5.02 Å². The summed E-state index contributed by atoms with van der Waals surface area (Å²) < 4.78 is 0.991. The molecule has 0 radical (unpaired) electrons. The minimum atomic E-state index is 0.657. The van der Waals surface area contributed by atoms with Gasteiger partial charge in [0.25, 0.3) is 0 Å². The summed E-state index contributed by atoms with van der Waals surface area (Å²) in [5.41, 5.74) is 2.69. The Morgan fingerprint density at radius 1 is 1.26 bits per heavy atom. The number of benzene rings is 1. The molecular formula is C14H11BrClN3. The van der Waals surface area contributed by atoms with E-state index in [9.17, 15) is 0 Å². The van der Waals surface area contributed by atoms with E-state index in [1.165, 1.54) is 0 Å². The molecule has 0 aliphatic heterocycles. The van der Waals surface area contributed by atoms with Crippen LogP contribution >= 0.6 is 27.5 Å². The quantitative estimate of drug-likeness (QED) is 0.743. The van der Waals surface area contributed by atoms with E-state index in [4.69, 9.17) is 11.6 Å². The number of hydrogen-bond acceptors (Lipinski definition) is 2. The predicted molar refractivity (Wildman–Crippen MR) is 81.4 cm³/mol. The highest BCUT2D eigenvalue weighted by Crippen LogP contribution is 2.30. The SMILES string of the molecule is CCc1nc(-c2ccccc2Cl)nc2[nH]cc(Br)c12. The van der Waals surface area contributed by atoms with Gasteiger partial charge in [0.1, 0.15) is 5.65 Å². The molecule has 0 bridgehead atoms. The largest absolute Gasteiger partial charge is 0.345 e. The van der Waals surface area contributed by atoms with Crippen molar-refractivity contribution in [3.05, 3.63) is 45.7 Å². The summed E-state index contributed by atoms with van der Waals surface area (Å²) in [5, 5.41) is 1.70. The minimum absolute atomic E-state index is 0.657. The van der Waals surface area contributed by atoms with Crippen molar-refractivity contribution >= 4 is 38.6 Å². The number of halogens is 2. The van der Waals surface area contributed by atoms with Gasteiger partial charge in [-0.2, -0.15) is 0 Å². The van der Waals surface area contributed by atoms with E-state index in [1.807, 2.05) is 30.5 Å². The molecule has 0 aliphatic carbocycles. The van der Waals surface area contributed by atoms with Gasteiger partial charge in [0, 0.05) is 16.2 Å². The van der Waals surface area contributed by atoms with Crippen LogP contribution in [0.1, 0.15) is 12.6 Å². The number of aromatic amines is 1. The molecule has 3 aromatic rings. The van der Waals surface area contributed by atoms with E-state index < -0.39 is 0 Å². The Kier molecular flexibility index (Phi) is 3.29. The van der Waals surface area contributed by atoms with E-state index in [0.29, 0.717) is 10.8 Å². The number of aromatic nitrogens is 3. The standard InChI is InChI=1S/C14H11BrClN3/c1-2-11-12-9(15)7-17-14(12)19-13(18-11)8-5-3-4-6-10(8)16/h3-7H,2H2,1H3,(H,17,18,19). The predicted octanol–water partition coefficient (Wildman–Crippen LogP) is 4.60. The summed E-state index contributed by atoms with van der Waals surface area (Å²) in [5.74, 6) is 0.657. The molecule has 96 valence electrons. The van der Waals surface area contributed by atoms with Crippen molar-refractivity contribution < 1.29 is 0 Å². The Labute approximate surface area is 124 Å². The topological polar surface area (TPSA) is 41.6 Å².